The molecule has 0 aromatic heterocycles. The fourth-order valence-electron chi connectivity index (χ4n) is 5.53. The van der Waals surface area contributed by atoms with Crippen LogP contribution in [0.25, 0.3) is 0 Å². The summed E-state index contributed by atoms with van der Waals surface area (Å²) in [5.74, 6) is 1.03. The zero-order valence-corrected chi connectivity index (χ0v) is 19.2. The number of nitrogens with zero attached hydrogens (tertiary/aromatic N) is 2. The summed E-state index contributed by atoms with van der Waals surface area (Å²) in [5.41, 5.74) is 0.326. The summed E-state index contributed by atoms with van der Waals surface area (Å²) in [7, 11) is 1.90. The van der Waals surface area contributed by atoms with Gasteiger partial charge in [0.1, 0.15) is 6.10 Å². The second-order valence-electron chi connectivity index (χ2n) is 8.27. The normalized spacial score (nSPS) is 35.8. The molecule has 4 unspecified atom stereocenters. The van der Waals surface area contributed by atoms with Crippen molar-refractivity contribution in [1.82, 2.24) is 10.2 Å². The Morgan fingerprint density at radius 2 is 1.96 bits per heavy atom. The molecule has 2 saturated carbocycles. The van der Waals surface area contributed by atoms with Crippen molar-refractivity contribution in [2.24, 2.45) is 10.4 Å². The number of morpholine rings is 1. The Hall–Kier alpha value is -0.120. The maximum Gasteiger partial charge on any atom is 0.194 e. The highest BCUT2D eigenvalue weighted by Crippen LogP contribution is 2.54. The second kappa shape index (κ2) is 9.59. The highest BCUT2D eigenvalue weighted by molar-refractivity contribution is 14.0. The van der Waals surface area contributed by atoms with Gasteiger partial charge in [0, 0.05) is 44.8 Å². The molecule has 0 radical (unpaired) electrons. The van der Waals surface area contributed by atoms with Crippen LogP contribution in [-0.2, 0) is 14.2 Å². The average molecular weight is 493 g/mol. The van der Waals surface area contributed by atoms with Crippen molar-refractivity contribution in [2.75, 3.05) is 40.0 Å². The summed E-state index contributed by atoms with van der Waals surface area (Å²) in [4.78, 5) is 6.98. The average Bonchev–Trinajstić information content (AvgIpc) is 3.37. The molecule has 4 rings (SSSR count). The molecule has 2 heterocycles. The van der Waals surface area contributed by atoms with E-state index in [1.54, 1.807) is 0 Å². The summed E-state index contributed by atoms with van der Waals surface area (Å²) >= 11 is 0. The predicted octanol–water partition coefficient (Wildman–Crippen LogP) is 2.80. The van der Waals surface area contributed by atoms with E-state index in [1.165, 1.54) is 25.7 Å². The maximum atomic E-state index is 6.06. The lowest BCUT2D eigenvalue weighted by atomic mass is 9.60. The summed E-state index contributed by atoms with van der Waals surface area (Å²) in [6.45, 7) is 6.33. The Labute approximate surface area is 180 Å². The van der Waals surface area contributed by atoms with Crippen molar-refractivity contribution in [1.29, 1.82) is 0 Å². The van der Waals surface area contributed by atoms with Gasteiger partial charge in [-0.2, -0.15) is 0 Å². The molecule has 4 atom stereocenters. The Bertz CT molecular complexity index is 507. The van der Waals surface area contributed by atoms with E-state index in [1.807, 2.05) is 7.05 Å². The van der Waals surface area contributed by atoms with Crippen LogP contribution in [0.4, 0.5) is 0 Å². The largest absolute Gasteiger partial charge is 0.378 e. The van der Waals surface area contributed by atoms with E-state index < -0.39 is 0 Å². The standard InChI is InChI=1S/C20H35N3O3.HI/c1-3-24-18-13-17(20(18)8-4-5-9-20)22-19(21-2)23-10-12-26-16(14-23)15-7-6-11-25-15;/h15-18H,3-14H2,1-2H3,(H,21,22);1H. The molecule has 27 heavy (non-hydrogen) atoms. The lowest BCUT2D eigenvalue weighted by molar-refractivity contribution is -0.127. The molecule has 2 aliphatic heterocycles. The molecule has 2 saturated heterocycles. The van der Waals surface area contributed by atoms with Crippen LogP contribution in [0.15, 0.2) is 4.99 Å². The summed E-state index contributed by atoms with van der Waals surface area (Å²) in [5, 5.41) is 3.80. The van der Waals surface area contributed by atoms with Gasteiger partial charge < -0.3 is 24.4 Å². The van der Waals surface area contributed by atoms with Crippen LogP contribution in [-0.4, -0.2) is 75.2 Å². The fourth-order valence-corrected chi connectivity index (χ4v) is 5.53. The van der Waals surface area contributed by atoms with Gasteiger partial charge in [-0.3, -0.25) is 4.99 Å². The molecular formula is C20H36IN3O3. The van der Waals surface area contributed by atoms with Crippen LogP contribution in [0.3, 0.4) is 0 Å². The maximum absolute atomic E-state index is 6.06. The zero-order valence-electron chi connectivity index (χ0n) is 16.8. The molecular weight excluding hydrogens is 457 g/mol. The van der Waals surface area contributed by atoms with E-state index in [2.05, 4.69) is 22.1 Å². The number of hydrogen-bond acceptors (Lipinski definition) is 4. The van der Waals surface area contributed by atoms with E-state index in [-0.39, 0.29) is 36.2 Å². The lowest BCUT2D eigenvalue weighted by Crippen LogP contribution is -2.66. The van der Waals surface area contributed by atoms with Crippen LogP contribution in [0, 0.1) is 5.41 Å². The van der Waals surface area contributed by atoms with E-state index in [9.17, 15) is 0 Å². The number of nitrogens with one attached hydrogen (secondary N) is 1. The fraction of sp³-hybridized carbons (Fsp3) is 0.950. The van der Waals surface area contributed by atoms with Crippen LogP contribution in [0.1, 0.15) is 51.9 Å². The molecule has 6 nitrogen and oxygen atoms in total. The van der Waals surface area contributed by atoms with Crippen LogP contribution in [0.2, 0.25) is 0 Å². The van der Waals surface area contributed by atoms with E-state index in [0.29, 0.717) is 17.6 Å². The number of guanidine groups is 1. The first-order valence-corrected chi connectivity index (χ1v) is 10.6. The molecule has 0 aromatic carbocycles. The molecule has 1 spiro atoms. The minimum absolute atomic E-state index is 0. The van der Waals surface area contributed by atoms with Gasteiger partial charge in [0.25, 0.3) is 0 Å². The first kappa shape index (κ1) is 21.6. The molecule has 156 valence electrons. The van der Waals surface area contributed by atoms with Crippen LogP contribution >= 0.6 is 24.0 Å². The van der Waals surface area contributed by atoms with Gasteiger partial charge in [-0.25, -0.2) is 0 Å². The third-order valence-corrected chi connectivity index (χ3v) is 6.98. The number of aliphatic imine (C=N–C) groups is 1. The number of ether oxygens (including phenoxy) is 3. The Morgan fingerprint density at radius 3 is 2.63 bits per heavy atom. The van der Waals surface area contributed by atoms with E-state index in [4.69, 9.17) is 14.2 Å². The smallest absolute Gasteiger partial charge is 0.194 e. The Balaban J connectivity index is 0.00000210. The summed E-state index contributed by atoms with van der Waals surface area (Å²) in [6.07, 6.45) is 9.46. The highest BCUT2D eigenvalue weighted by Gasteiger charge is 2.57. The second-order valence-corrected chi connectivity index (χ2v) is 8.27. The lowest BCUT2D eigenvalue weighted by Gasteiger charge is -2.55. The van der Waals surface area contributed by atoms with Crippen molar-refractivity contribution in [3.05, 3.63) is 0 Å². The van der Waals surface area contributed by atoms with Crippen LogP contribution < -0.4 is 5.32 Å². The van der Waals surface area contributed by atoms with Gasteiger partial charge in [0.15, 0.2) is 5.96 Å². The number of hydrogen-bond donors (Lipinski definition) is 1. The molecule has 2 aliphatic carbocycles. The first-order chi connectivity index (χ1) is 12.8. The minimum Gasteiger partial charge on any atom is -0.378 e. The predicted molar refractivity (Wildman–Crippen MR) is 117 cm³/mol. The molecule has 1 N–H and O–H groups in total. The molecule has 0 aromatic rings. The number of halogens is 1. The molecule has 0 bridgehead atoms. The molecule has 0 amide bonds. The quantitative estimate of drug-likeness (QED) is 0.371. The van der Waals surface area contributed by atoms with E-state index in [0.717, 1.165) is 58.1 Å². The molecule has 7 heteroatoms. The summed E-state index contributed by atoms with van der Waals surface area (Å²) in [6, 6.07) is 0.490. The van der Waals surface area contributed by atoms with Gasteiger partial charge in [0.05, 0.1) is 18.8 Å². The van der Waals surface area contributed by atoms with Crippen molar-refractivity contribution in [3.8, 4) is 0 Å². The van der Waals surface area contributed by atoms with Crippen LogP contribution in [0.5, 0.6) is 0 Å². The first-order valence-electron chi connectivity index (χ1n) is 10.6. The molecule has 4 aliphatic rings. The van der Waals surface area contributed by atoms with Gasteiger partial charge >= 0.3 is 0 Å². The number of rotatable bonds is 4. The zero-order chi connectivity index (χ0) is 18.0. The van der Waals surface area contributed by atoms with E-state index >= 15 is 0 Å². The highest BCUT2D eigenvalue weighted by atomic mass is 127. The molecule has 4 fully saturated rings. The van der Waals surface area contributed by atoms with Gasteiger partial charge in [-0.05, 0) is 39.0 Å². The SMILES string of the molecule is CCOC1CC(NC(=NC)N2CCOC(C3CCCO3)C2)C12CCCC2.I. The summed E-state index contributed by atoms with van der Waals surface area (Å²) < 4.78 is 17.9. The van der Waals surface area contributed by atoms with Crippen molar-refractivity contribution < 1.29 is 14.2 Å². The minimum atomic E-state index is 0. The van der Waals surface area contributed by atoms with Gasteiger partial charge in [-0.1, -0.05) is 12.8 Å². The monoisotopic (exact) mass is 493 g/mol. The van der Waals surface area contributed by atoms with Crippen molar-refractivity contribution >= 4 is 29.9 Å². The van der Waals surface area contributed by atoms with Crippen molar-refractivity contribution in [2.45, 2.75) is 76.2 Å². The van der Waals surface area contributed by atoms with Crippen molar-refractivity contribution in [3.63, 3.8) is 0 Å². The third kappa shape index (κ3) is 4.26. The Morgan fingerprint density at radius 1 is 1.19 bits per heavy atom. The third-order valence-electron chi connectivity index (χ3n) is 6.98. The van der Waals surface area contributed by atoms with Gasteiger partial charge in [-0.15, -0.1) is 24.0 Å². The topological polar surface area (TPSA) is 55.3 Å². The Kier molecular flexibility index (Phi) is 7.66. The van der Waals surface area contributed by atoms with Gasteiger partial charge in [0.2, 0.25) is 0 Å².